The number of aromatic amines is 1. The normalized spacial score (nSPS) is 10.8. The van der Waals surface area contributed by atoms with E-state index >= 15 is 0 Å². The maximum Gasteiger partial charge on any atom is 0.307 e. The van der Waals surface area contributed by atoms with Crippen molar-refractivity contribution in [3.8, 4) is 11.3 Å². The molecule has 6 nitrogen and oxygen atoms in total. The van der Waals surface area contributed by atoms with Gasteiger partial charge in [0.15, 0.2) is 0 Å². The quantitative estimate of drug-likeness (QED) is 0.476. The molecule has 1 aromatic heterocycles. The summed E-state index contributed by atoms with van der Waals surface area (Å²) in [6.07, 6.45) is -0.0719. The molecule has 0 saturated carbocycles. The highest BCUT2D eigenvalue weighted by atomic mass is 19.1. The first kappa shape index (κ1) is 18.4. The first-order valence-electron chi connectivity index (χ1n) is 8.86. The fourth-order valence-electron chi connectivity index (χ4n) is 3.07. The van der Waals surface area contributed by atoms with Crippen molar-refractivity contribution >= 4 is 28.5 Å². The second-order valence-corrected chi connectivity index (χ2v) is 6.56. The van der Waals surface area contributed by atoms with Gasteiger partial charge in [0.2, 0.25) is 0 Å². The van der Waals surface area contributed by atoms with Crippen LogP contribution in [0.4, 0.5) is 10.1 Å². The Morgan fingerprint density at radius 1 is 1.00 bits per heavy atom. The molecule has 0 aliphatic carbocycles. The molecule has 0 unspecified atom stereocenters. The van der Waals surface area contributed by atoms with Gasteiger partial charge in [-0.15, -0.1) is 0 Å². The lowest BCUT2D eigenvalue weighted by molar-refractivity contribution is -0.136. The molecule has 4 aromatic rings. The number of nitrogens with one attached hydrogen (secondary N) is 2. The Hall–Kier alpha value is -4.00. The third kappa shape index (κ3) is 3.98. The highest BCUT2D eigenvalue weighted by Gasteiger charge is 2.13. The van der Waals surface area contributed by atoms with Crippen molar-refractivity contribution in [3.63, 3.8) is 0 Å². The molecule has 0 spiro atoms. The van der Waals surface area contributed by atoms with E-state index in [1.54, 1.807) is 54.6 Å². The Kier molecular flexibility index (Phi) is 4.78. The maximum atomic E-state index is 13.2. The minimum absolute atomic E-state index is 0.0719. The number of carboxylic acids is 1. The summed E-state index contributed by atoms with van der Waals surface area (Å²) >= 11 is 0. The number of carbonyl (C=O) groups excluding carboxylic acids is 1. The van der Waals surface area contributed by atoms with Crippen molar-refractivity contribution in [3.05, 3.63) is 83.7 Å². The fraction of sp³-hybridized carbons (Fsp3) is 0.0455. The van der Waals surface area contributed by atoms with Gasteiger partial charge in [0.25, 0.3) is 5.91 Å². The Morgan fingerprint density at radius 2 is 1.72 bits per heavy atom. The Labute approximate surface area is 165 Å². The molecule has 1 amide bonds. The van der Waals surface area contributed by atoms with Crippen molar-refractivity contribution in [1.29, 1.82) is 0 Å². The zero-order chi connectivity index (χ0) is 20.4. The maximum absolute atomic E-state index is 13.2. The molecule has 4 rings (SSSR count). The number of aromatic nitrogens is 2. The average molecular weight is 389 g/mol. The van der Waals surface area contributed by atoms with Gasteiger partial charge in [-0.1, -0.05) is 12.1 Å². The van der Waals surface area contributed by atoms with E-state index in [1.165, 1.54) is 12.1 Å². The average Bonchev–Trinajstić information content (AvgIpc) is 3.13. The highest BCUT2D eigenvalue weighted by molar-refractivity contribution is 6.07. The van der Waals surface area contributed by atoms with E-state index in [2.05, 4.69) is 15.5 Å². The van der Waals surface area contributed by atoms with Crippen LogP contribution in [-0.2, 0) is 11.2 Å². The second-order valence-electron chi connectivity index (χ2n) is 6.56. The van der Waals surface area contributed by atoms with Crippen LogP contribution in [0.2, 0.25) is 0 Å². The summed E-state index contributed by atoms with van der Waals surface area (Å²) in [5.41, 5.74) is 3.79. The number of amides is 1. The summed E-state index contributed by atoms with van der Waals surface area (Å²) in [7, 11) is 0. The van der Waals surface area contributed by atoms with Gasteiger partial charge >= 0.3 is 5.97 Å². The fourth-order valence-corrected chi connectivity index (χ4v) is 3.07. The number of nitrogens with zero attached hydrogens (tertiary/aromatic N) is 1. The molecule has 29 heavy (non-hydrogen) atoms. The molecule has 0 fully saturated rings. The SMILES string of the molecule is O=C(O)Cc1ccc(NC(=O)c2ccc3[nH]nc(-c4ccc(F)cc4)c3c2)cc1. The van der Waals surface area contributed by atoms with Crippen molar-refractivity contribution < 1.29 is 19.1 Å². The number of anilines is 1. The number of carboxylic acid groups (broad SMARTS) is 1. The molecule has 144 valence electrons. The molecule has 1 heterocycles. The monoisotopic (exact) mass is 389 g/mol. The Bertz CT molecular complexity index is 1200. The number of aliphatic carboxylic acids is 1. The summed E-state index contributed by atoms with van der Waals surface area (Å²) in [6.45, 7) is 0. The van der Waals surface area contributed by atoms with Gasteiger partial charge in [0, 0.05) is 22.2 Å². The first-order chi connectivity index (χ1) is 14.0. The summed E-state index contributed by atoms with van der Waals surface area (Å²) in [6, 6.07) is 17.8. The van der Waals surface area contributed by atoms with Crippen molar-refractivity contribution in [1.82, 2.24) is 10.2 Å². The second kappa shape index (κ2) is 7.55. The molecule has 0 saturated heterocycles. The van der Waals surface area contributed by atoms with E-state index in [4.69, 9.17) is 5.11 Å². The van der Waals surface area contributed by atoms with E-state index < -0.39 is 5.97 Å². The Balaban J connectivity index is 1.58. The minimum atomic E-state index is -0.910. The van der Waals surface area contributed by atoms with E-state index in [0.29, 0.717) is 22.5 Å². The van der Waals surface area contributed by atoms with E-state index in [-0.39, 0.29) is 18.1 Å². The van der Waals surface area contributed by atoms with Crippen LogP contribution < -0.4 is 5.32 Å². The lowest BCUT2D eigenvalue weighted by Crippen LogP contribution is -2.11. The minimum Gasteiger partial charge on any atom is -0.481 e. The van der Waals surface area contributed by atoms with Gasteiger partial charge in [-0.25, -0.2) is 4.39 Å². The zero-order valence-electron chi connectivity index (χ0n) is 15.1. The lowest BCUT2D eigenvalue weighted by atomic mass is 10.1. The topological polar surface area (TPSA) is 95.1 Å². The molecule has 0 radical (unpaired) electrons. The standard InChI is InChI=1S/C22H16FN3O3/c23-16-6-3-14(4-7-16)21-18-12-15(5-10-19(18)25-26-21)22(29)24-17-8-1-13(2-9-17)11-20(27)28/h1-10,12H,11H2,(H,24,29)(H,25,26)(H,27,28). The number of halogens is 1. The van der Waals surface area contributed by atoms with E-state index in [9.17, 15) is 14.0 Å². The number of carbonyl (C=O) groups is 2. The molecule has 0 bridgehead atoms. The lowest BCUT2D eigenvalue weighted by Gasteiger charge is -2.07. The van der Waals surface area contributed by atoms with E-state index in [1.807, 2.05) is 0 Å². The van der Waals surface area contributed by atoms with Crippen LogP contribution in [-0.4, -0.2) is 27.2 Å². The summed E-state index contributed by atoms with van der Waals surface area (Å²) in [4.78, 5) is 23.4. The first-order valence-corrected chi connectivity index (χ1v) is 8.86. The molecule has 0 aliphatic heterocycles. The number of hydrogen-bond acceptors (Lipinski definition) is 3. The number of fused-ring (bicyclic) bond motifs is 1. The number of H-pyrrole nitrogens is 1. The van der Waals surface area contributed by atoms with Crippen LogP contribution in [0.3, 0.4) is 0 Å². The largest absolute Gasteiger partial charge is 0.481 e. The van der Waals surface area contributed by atoms with Crippen LogP contribution in [0.1, 0.15) is 15.9 Å². The van der Waals surface area contributed by atoms with Gasteiger partial charge < -0.3 is 10.4 Å². The third-order valence-corrected chi connectivity index (χ3v) is 4.51. The number of rotatable bonds is 5. The van der Waals surface area contributed by atoms with Gasteiger partial charge in [0.05, 0.1) is 17.6 Å². The molecule has 7 heteroatoms. The molecule has 3 aromatic carbocycles. The number of hydrogen-bond donors (Lipinski definition) is 3. The molecular weight excluding hydrogens is 373 g/mol. The van der Waals surface area contributed by atoms with Crippen LogP contribution >= 0.6 is 0 Å². The van der Waals surface area contributed by atoms with E-state index in [0.717, 1.165) is 16.5 Å². The highest BCUT2D eigenvalue weighted by Crippen LogP contribution is 2.27. The van der Waals surface area contributed by atoms with Crippen molar-refractivity contribution in [2.24, 2.45) is 0 Å². The molecule has 0 atom stereocenters. The van der Waals surface area contributed by atoms with Crippen LogP contribution in [0, 0.1) is 5.82 Å². The van der Waals surface area contributed by atoms with Gasteiger partial charge in [-0.05, 0) is 60.2 Å². The Morgan fingerprint density at radius 3 is 2.41 bits per heavy atom. The van der Waals surface area contributed by atoms with Crippen molar-refractivity contribution in [2.45, 2.75) is 6.42 Å². The van der Waals surface area contributed by atoms with Gasteiger partial charge in [-0.2, -0.15) is 5.10 Å². The predicted octanol–water partition coefficient (Wildman–Crippen LogP) is 4.25. The third-order valence-electron chi connectivity index (χ3n) is 4.51. The van der Waals surface area contributed by atoms with Crippen LogP contribution in [0.15, 0.2) is 66.7 Å². The van der Waals surface area contributed by atoms with Crippen LogP contribution in [0.5, 0.6) is 0 Å². The summed E-state index contributed by atoms with van der Waals surface area (Å²) in [5, 5.41) is 19.6. The molecule has 0 aliphatic rings. The summed E-state index contributed by atoms with van der Waals surface area (Å²) < 4.78 is 13.2. The summed E-state index contributed by atoms with van der Waals surface area (Å²) in [5.74, 6) is -1.54. The molecular formula is C22H16FN3O3. The van der Waals surface area contributed by atoms with Crippen molar-refractivity contribution in [2.75, 3.05) is 5.32 Å². The zero-order valence-corrected chi connectivity index (χ0v) is 15.1. The molecule has 3 N–H and O–H groups in total. The van der Waals surface area contributed by atoms with Gasteiger partial charge in [0.1, 0.15) is 5.82 Å². The smallest absolute Gasteiger partial charge is 0.307 e. The predicted molar refractivity (Wildman–Crippen MR) is 107 cm³/mol. The van der Waals surface area contributed by atoms with Crippen LogP contribution in [0.25, 0.3) is 22.2 Å². The number of benzene rings is 3. The van der Waals surface area contributed by atoms with Gasteiger partial charge in [-0.3, -0.25) is 14.7 Å².